The van der Waals surface area contributed by atoms with Crippen LogP contribution >= 0.6 is 0 Å². The molecule has 1 atom stereocenters. The van der Waals surface area contributed by atoms with Crippen molar-refractivity contribution in [3.8, 4) is 28.6 Å². The number of fused-ring (bicyclic) bond motifs is 7. The third-order valence-corrected chi connectivity index (χ3v) is 15.1. The molecule has 3 aromatic carbocycles. The molecule has 398 valence electrons. The van der Waals surface area contributed by atoms with Crippen LogP contribution in [0.4, 0.5) is 16.2 Å². The smallest absolute Gasteiger partial charge is 0.415 e. The Bertz CT molecular complexity index is 3000. The summed E-state index contributed by atoms with van der Waals surface area (Å²) in [7, 11) is 0. The summed E-state index contributed by atoms with van der Waals surface area (Å²) in [4.78, 5) is 75.3. The fourth-order valence-electron chi connectivity index (χ4n) is 11.1. The number of ether oxygens (including phenoxy) is 2. The molecule has 0 unspecified atom stereocenters. The van der Waals surface area contributed by atoms with Crippen molar-refractivity contribution >= 4 is 45.9 Å². The van der Waals surface area contributed by atoms with Crippen molar-refractivity contribution in [3.63, 3.8) is 0 Å². The molecule has 0 spiro atoms. The minimum absolute atomic E-state index is 0.00939. The van der Waals surface area contributed by atoms with Gasteiger partial charge in [-0.1, -0.05) is 20.3 Å². The number of phenols is 2. The monoisotopic (exact) mass is 1030 g/mol. The van der Waals surface area contributed by atoms with Gasteiger partial charge in [0.25, 0.3) is 5.56 Å². The molecule has 6 heterocycles. The third kappa shape index (κ3) is 10.3. The van der Waals surface area contributed by atoms with Crippen molar-refractivity contribution < 1.29 is 54.2 Å². The molecule has 2 saturated heterocycles. The van der Waals surface area contributed by atoms with Crippen molar-refractivity contribution in [2.75, 3.05) is 89.3 Å². The number of nitrogens with zero attached hydrogens (tertiary/aromatic N) is 4. The van der Waals surface area contributed by atoms with E-state index in [2.05, 4.69) is 33.1 Å². The first-order valence-electron chi connectivity index (χ1n) is 26.1. The normalized spacial score (nSPS) is 18.0. The van der Waals surface area contributed by atoms with Crippen LogP contribution in [-0.2, 0) is 34.7 Å². The van der Waals surface area contributed by atoms with E-state index in [1.54, 1.807) is 35.8 Å². The summed E-state index contributed by atoms with van der Waals surface area (Å²) in [5.41, 5.74) is 3.06. The zero-order chi connectivity index (χ0) is 53.0. The maximum Gasteiger partial charge on any atom is 0.415 e. The topological polar surface area (TPSA) is 277 Å². The van der Waals surface area contributed by atoms with Crippen LogP contribution in [0.5, 0.6) is 17.2 Å². The van der Waals surface area contributed by atoms with Crippen LogP contribution in [0.15, 0.2) is 53.3 Å². The Morgan fingerprint density at radius 1 is 0.760 bits per heavy atom. The Morgan fingerprint density at radius 2 is 1.37 bits per heavy atom. The fourth-order valence-corrected chi connectivity index (χ4v) is 11.1. The van der Waals surface area contributed by atoms with Crippen molar-refractivity contribution in [2.24, 2.45) is 0 Å². The van der Waals surface area contributed by atoms with Crippen molar-refractivity contribution in [2.45, 2.75) is 83.6 Å². The summed E-state index contributed by atoms with van der Waals surface area (Å²) in [6.45, 7) is 10.5. The zero-order valence-corrected chi connectivity index (χ0v) is 42.4. The van der Waals surface area contributed by atoms with Gasteiger partial charge in [0.2, 0.25) is 11.6 Å². The van der Waals surface area contributed by atoms with Gasteiger partial charge in [0.1, 0.15) is 23.9 Å². The molecule has 10 rings (SSSR count). The number of phenolic OH excluding ortho intramolecular Hbond substituents is 2. The molecule has 20 heteroatoms. The van der Waals surface area contributed by atoms with Gasteiger partial charge in [0.05, 0.1) is 64.5 Å². The number of benzene rings is 3. The van der Waals surface area contributed by atoms with Gasteiger partial charge in [-0.2, -0.15) is 0 Å². The molecule has 2 aromatic heterocycles. The highest BCUT2D eigenvalue weighted by atomic mass is 16.6. The van der Waals surface area contributed by atoms with Gasteiger partial charge < -0.3 is 70.6 Å². The number of rotatable bonds is 16. The molecular formula is C55H66N8O12. The highest BCUT2D eigenvalue weighted by molar-refractivity contribution is 6.33. The van der Waals surface area contributed by atoms with E-state index in [0.717, 1.165) is 34.9 Å². The Hall–Kier alpha value is -6.94. The minimum Gasteiger partial charge on any atom is -0.507 e. The number of cyclic esters (lactones) is 1. The number of aromatic hydroxyl groups is 2. The number of aliphatic hydroxyl groups is 3. The first kappa shape index (κ1) is 52.9. The van der Waals surface area contributed by atoms with E-state index in [1.165, 1.54) is 44.5 Å². The molecule has 9 N–H and O–H groups in total. The van der Waals surface area contributed by atoms with E-state index < -0.39 is 23.1 Å². The van der Waals surface area contributed by atoms with Gasteiger partial charge >= 0.3 is 12.1 Å². The number of aromatic nitrogens is 2. The highest BCUT2D eigenvalue weighted by Gasteiger charge is 2.46. The Kier molecular flexibility index (Phi) is 16.1. The lowest BCUT2D eigenvalue weighted by atomic mass is 9.81. The number of esters is 1. The molecule has 75 heavy (non-hydrogen) atoms. The molecule has 1 aliphatic carbocycles. The summed E-state index contributed by atoms with van der Waals surface area (Å²) in [5, 5.41) is 62.6. The van der Waals surface area contributed by atoms with Crippen LogP contribution < -0.4 is 31.6 Å². The maximum absolute atomic E-state index is 13.6. The Morgan fingerprint density at radius 3 is 1.95 bits per heavy atom. The van der Waals surface area contributed by atoms with Crippen molar-refractivity contribution in [1.82, 2.24) is 30.0 Å². The number of hydrogen-bond donors (Lipinski definition) is 9. The Labute approximate surface area is 433 Å². The van der Waals surface area contributed by atoms with E-state index in [9.17, 15) is 39.3 Å². The average molecular weight is 1030 g/mol. The number of aliphatic hydroxyl groups excluding tert-OH is 2. The number of aryl methyl sites for hydroxylation is 1. The summed E-state index contributed by atoms with van der Waals surface area (Å²) in [6.07, 6.45) is 6.26. The van der Waals surface area contributed by atoms with Crippen LogP contribution in [0.3, 0.4) is 0 Å². The standard InChI is InChI=1S/C33H38N4O6.C22H28N4O6/c1-3-22-23-16-21(43-32(40)36-14-10-20(11-15-36)35-12-6-5-7-13-35)8-9-27(23)34-29-24(22)18-37-28(29)17-26-25(30(37)38)19-42-31(39)33(26,41)4-2;27-11-9-23-5-7-25-13-1-2-14(26-8-6-24-10-12-28)18-17(13)21(31)19-15(29)3-4-16(30)20(19)22(18)32/h8-9,16-17,20,41H,3-7,10-15,18-19H2,1-2H3;1-4,23-30H,5-12H2/t33-;/m0./s1. The van der Waals surface area contributed by atoms with E-state index in [4.69, 9.17) is 24.7 Å². The number of anilines is 2. The largest absolute Gasteiger partial charge is 0.507 e. The number of piperidine rings is 2. The van der Waals surface area contributed by atoms with Gasteiger partial charge in [-0.05, 0) is 106 Å². The summed E-state index contributed by atoms with van der Waals surface area (Å²) in [6, 6.07) is 13.5. The molecule has 0 saturated carbocycles. The minimum atomic E-state index is -1.86. The second kappa shape index (κ2) is 22.9. The number of carbonyl (C=O) groups is 4. The van der Waals surface area contributed by atoms with Crippen molar-refractivity contribution in [3.05, 3.63) is 103 Å². The summed E-state index contributed by atoms with van der Waals surface area (Å²) in [5.74, 6) is -2.13. The number of likely N-dealkylation sites (tertiary alicyclic amines) is 2. The number of nitrogens with one attached hydrogen (secondary N) is 4. The summed E-state index contributed by atoms with van der Waals surface area (Å²) >= 11 is 0. The van der Waals surface area contributed by atoms with Gasteiger partial charge in [-0.3, -0.25) is 14.4 Å². The number of carbonyl (C=O) groups excluding carboxylic acids is 4. The number of pyridine rings is 2. The van der Waals surface area contributed by atoms with Gasteiger partial charge in [0, 0.05) is 86.3 Å². The Balaban J connectivity index is 0.000000193. The van der Waals surface area contributed by atoms with E-state index in [1.807, 2.05) is 17.0 Å². The highest BCUT2D eigenvalue weighted by Crippen LogP contribution is 2.44. The van der Waals surface area contributed by atoms with Gasteiger partial charge in [-0.15, -0.1) is 0 Å². The van der Waals surface area contributed by atoms with Crippen LogP contribution in [0.1, 0.15) is 106 Å². The van der Waals surface area contributed by atoms with Crippen LogP contribution in [-0.4, -0.2) is 153 Å². The predicted molar refractivity (Wildman–Crippen MR) is 280 cm³/mol. The van der Waals surface area contributed by atoms with Crippen LogP contribution in [0.2, 0.25) is 0 Å². The van der Waals surface area contributed by atoms with Crippen LogP contribution in [0.25, 0.3) is 22.3 Å². The molecule has 0 radical (unpaired) electrons. The molecule has 2 fully saturated rings. The molecule has 5 aromatic rings. The summed E-state index contributed by atoms with van der Waals surface area (Å²) < 4.78 is 12.7. The number of hydrogen-bond acceptors (Lipinski definition) is 18. The first-order valence-corrected chi connectivity index (χ1v) is 26.1. The van der Waals surface area contributed by atoms with Gasteiger partial charge in [-0.25, -0.2) is 14.6 Å². The molecule has 4 aliphatic heterocycles. The van der Waals surface area contributed by atoms with Crippen molar-refractivity contribution in [1.29, 1.82) is 0 Å². The van der Waals surface area contributed by atoms with E-state index >= 15 is 0 Å². The predicted octanol–water partition coefficient (Wildman–Crippen LogP) is 3.95. The number of ketones is 2. The van der Waals surface area contributed by atoms with E-state index in [-0.39, 0.29) is 71.6 Å². The second-order valence-electron chi connectivity index (χ2n) is 19.5. The maximum atomic E-state index is 13.6. The molecular weight excluding hydrogens is 965 g/mol. The molecule has 5 aliphatic rings. The molecule has 20 nitrogen and oxygen atoms in total. The fraction of sp³-hybridized carbons (Fsp3) is 0.455. The van der Waals surface area contributed by atoms with Gasteiger partial charge in [0.15, 0.2) is 5.60 Å². The lowest BCUT2D eigenvalue weighted by Gasteiger charge is -2.39. The lowest BCUT2D eigenvalue weighted by Crippen LogP contribution is -2.48. The van der Waals surface area contributed by atoms with Crippen LogP contribution in [0, 0.1) is 0 Å². The quantitative estimate of drug-likeness (QED) is 0.0377. The SMILES string of the molecule is CCc1c2c(nc3ccc(OC(=O)N4CCC(N5CCCCC5)CC4)cc13)-c1cc3c(c(=O)n1C2)COC(=O)[C@]3(O)CC.O=C1c2c(O)ccc(O)c2C(=O)c2c(NCCNCCO)ccc(NCCNCCO)c21. The first-order chi connectivity index (χ1) is 36.3. The number of amides is 1. The zero-order valence-electron chi connectivity index (χ0n) is 42.4. The van der Waals surface area contributed by atoms with E-state index in [0.29, 0.717) is 111 Å². The molecule has 1 amide bonds. The average Bonchev–Trinajstić information content (AvgIpc) is 3.82. The lowest BCUT2D eigenvalue weighted by molar-refractivity contribution is -0.172. The third-order valence-electron chi connectivity index (χ3n) is 15.1. The molecule has 0 bridgehead atoms. The second-order valence-corrected chi connectivity index (χ2v) is 19.5.